The predicted octanol–water partition coefficient (Wildman–Crippen LogP) is 4.31. The summed E-state index contributed by atoms with van der Waals surface area (Å²) in [4.78, 5) is 23.9. The van der Waals surface area contributed by atoms with Crippen molar-refractivity contribution in [3.05, 3.63) is 47.1 Å². The lowest BCUT2D eigenvalue weighted by Crippen LogP contribution is -2.29. The molecule has 12 heteroatoms. The van der Waals surface area contributed by atoms with Crippen molar-refractivity contribution in [2.45, 2.75) is 19.7 Å². The summed E-state index contributed by atoms with van der Waals surface area (Å²) >= 11 is 5.94. The summed E-state index contributed by atoms with van der Waals surface area (Å²) in [6, 6.07) is 8.55. The molecule has 4 rings (SSSR count). The van der Waals surface area contributed by atoms with Crippen molar-refractivity contribution < 1.29 is 27.4 Å². The number of hydrogen-bond acceptors (Lipinski definition) is 7. The highest BCUT2D eigenvalue weighted by molar-refractivity contribution is 6.32. The minimum Gasteiger partial charge on any atom is -0.482 e. The molecule has 0 saturated carbocycles. The first-order valence-corrected chi connectivity index (χ1v) is 11.3. The lowest BCUT2D eigenvalue weighted by atomic mass is 10.1. The highest BCUT2D eigenvalue weighted by Crippen LogP contribution is 2.31. The number of benzene rings is 2. The number of anilines is 2. The van der Waals surface area contributed by atoms with Gasteiger partial charge in [-0.2, -0.15) is 0 Å². The minimum absolute atomic E-state index is 0.0512. The Hall–Kier alpha value is -3.31. The molecule has 1 aromatic heterocycles. The third-order valence-corrected chi connectivity index (χ3v) is 5.57. The van der Waals surface area contributed by atoms with E-state index >= 15 is 0 Å². The molecule has 0 aliphatic carbocycles. The van der Waals surface area contributed by atoms with Crippen LogP contribution in [0.5, 0.6) is 11.5 Å². The van der Waals surface area contributed by atoms with Crippen LogP contribution in [0.25, 0.3) is 10.9 Å². The number of nitrogens with zero attached hydrogens (tertiary/aromatic N) is 3. The molecule has 2 heterocycles. The lowest BCUT2D eigenvalue weighted by molar-refractivity contribution is -0.274. The van der Waals surface area contributed by atoms with E-state index in [1.807, 2.05) is 13.0 Å². The zero-order chi connectivity index (χ0) is 25.0. The van der Waals surface area contributed by atoms with Gasteiger partial charge < -0.3 is 25.0 Å². The fourth-order valence-corrected chi connectivity index (χ4v) is 3.89. The third kappa shape index (κ3) is 6.64. The molecule has 1 amide bonds. The number of carbonyl (C=O) groups excluding carboxylic acids is 1. The zero-order valence-corrected chi connectivity index (χ0v) is 19.5. The number of fused-ring (bicyclic) bond motifs is 1. The van der Waals surface area contributed by atoms with E-state index in [0.29, 0.717) is 11.6 Å². The molecule has 35 heavy (non-hydrogen) atoms. The largest absolute Gasteiger partial charge is 0.573 e. The van der Waals surface area contributed by atoms with Crippen LogP contribution in [0.3, 0.4) is 0 Å². The van der Waals surface area contributed by atoms with Gasteiger partial charge in [-0.15, -0.1) is 13.2 Å². The molecule has 2 N–H and O–H groups in total. The highest BCUT2D eigenvalue weighted by Gasteiger charge is 2.31. The smallest absolute Gasteiger partial charge is 0.482 e. The van der Waals surface area contributed by atoms with Gasteiger partial charge in [0.2, 0.25) is 5.95 Å². The summed E-state index contributed by atoms with van der Waals surface area (Å²) in [5.74, 6) is -0.213. The number of nitrogens with one attached hydrogen (secondary N) is 2. The molecule has 0 spiro atoms. The standard InChI is InChI=1S/C23H23ClF3N5O3/c1-14-17-11-15(3-5-19(17)31-22(29-14)32-9-2-7-28-8-10-32)30-21(33)13-34-20-6-4-16(12-18(20)24)35-23(25,26)27/h3-6,11-12,28H,2,7-10,13H2,1H3,(H,30,33). The van der Waals surface area contributed by atoms with Crippen LogP contribution in [-0.2, 0) is 4.79 Å². The van der Waals surface area contributed by atoms with E-state index in [1.165, 1.54) is 6.07 Å². The van der Waals surface area contributed by atoms with Crippen LogP contribution in [0.2, 0.25) is 5.02 Å². The van der Waals surface area contributed by atoms with E-state index in [-0.39, 0.29) is 10.8 Å². The zero-order valence-electron chi connectivity index (χ0n) is 18.8. The molecule has 0 radical (unpaired) electrons. The molecule has 1 aliphatic rings. The number of alkyl halides is 3. The number of ether oxygens (including phenoxy) is 2. The number of halogens is 4. The first-order chi connectivity index (χ1) is 16.7. The first-order valence-electron chi connectivity index (χ1n) is 10.9. The van der Waals surface area contributed by atoms with Crippen LogP contribution in [0, 0.1) is 6.92 Å². The van der Waals surface area contributed by atoms with E-state index in [4.69, 9.17) is 21.3 Å². The summed E-state index contributed by atoms with van der Waals surface area (Å²) in [5.41, 5.74) is 2.10. The van der Waals surface area contributed by atoms with Gasteiger partial charge in [-0.25, -0.2) is 9.97 Å². The van der Waals surface area contributed by atoms with Crippen molar-refractivity contribution in [2.75, 3.05) is 43.0 Å². The van der Waals surface area contributed by atoms with E-state index in [2.05, 4.69) is 25.3 Å². The Kier molecular flexibility index (Phi) is 7.46. The number of aromatic nitrogens is 2. The van der Waals surface area contributed by atoms with E-state index in [1.54, 1.807) is 12.1 Å². The lowest BCUT2D eigenvalue weighted by Gasteiger charge is -2.20. The molecular formula is C23H23ClF3N5O3. The van der Waals surface area contributed by atoms with Gasteiger partial charge >= 0.3 is 6.36 Å². The maximum absolute atomic E-state index is 12.4. The van der Waals surface area contributed by atoms with Crippen molar-refractivity contribution in [1.82, 2.24) is 15.3 Å². The molecule has 0 atom stereocenters. The maximum Gasteiger partial charge on any atom is 0.573 e. The predicted molar refractivity (Wildman–Crippen MR) is 126 cm³/mol. The molecule has 3 aromatic rings. The molecule has 0 bridgehead atoms. The molecule has 0 unspecified atom stereocenters. The summed E-state index contributed by atoms with van der Waals surface area (Å²) in [6.07, 6.45) is -3.81. The Morgan fingerprint density at radius 2 is 2.00 bits per heavy atom. The van der Waals surface area contributed by atoms with Crippen LogP contribution in [0.4, 0.5) is 24.8 Å². The Bertz CT molecular complexity index is 1220. The maximum atomic E-state index is 12.4. The van der Waals surface area contributed by atoms with Crippen LogP contribution < -0.4 is 25.0 Å². The molecule has 186 valence electrons. The van der Waals surface area contributed by atoms with Gasteiger partial charge in [-0.3, -0.25) is 4.79 Å². The monoisotopic (exact) mass is 509 g/mol. The topological polar surface area (TPSA) is 88.6 Å². The second kappa shape index (κ2) is 10.5. The van der Waals surface area contributed by atoms with Gasteiger partial charge in [0.1, 0.15) is 11.5 Å². The summed E-state index contributed by atoms with van der Waals surface area (Å²) in [5, 5.41) is 6.77. The van der Waals surface area contributed by atoms with E-state index in [0.717, 1.165) is 61.3 Å². The summed E-state index contributed by atoms with van der Waals surface area (Å²) < 4.78 is 46.1. The van der Waals surface area contributed by atoms with Crippen LogP contribution >= 0.6 is 11.6 Å². The molecular weight excluding hydrogens is 487 g/mol. The van der Waals surface area contributed by atoms with E-state index in [9.17, 15) is 18.0 Å². The Morgan fingerprint density at radius 1 is 1.17 bits per heavy atom. The Balaban J connectivity index is 1.39. The normalized spacial score (nSPS) is 14.5. The molecule has 1 fully saturated rings. The Labute approximate surface area is 204 Å². The number of aryl methyl sites for hydroxylation is 1. The third-order valence-electron chi connectivity index (χ3n) is 5.28. The number of hydrogen-bond donors (Lipinski definition) is 2. The van der Waals surface area contributed by atoms with Crippen LogP contribution in [0.15, 0.2) is 36.4 Å². The fraction of sp³-hybridized carbons (Fsp3) is 0.348. The van der Waals surface area contributed by atoms with Gasteiger partial charge in [-0.05, 0) is 50.2 Å². The molecule has 8 nitrogen and oxygen atoms in total. The van der Waals surface area contributed by atoms with E-state index < -0.39 is 24.6 Å². The van der Waals surface area contributed by atoms with Crippen molar-refractivity contribution >= 4 is 40.0 Å². The molecule has 2 aromatic carbocycles. The fourth-order valence-electron chi connectivity index (χ4n) is 3.67. The average molecular weight is 510 g/mol. The number of carbonyl (C=O) groups is 1. The highest BCUT2D eigenvalue weighted by atomic mass is 35.5. The van der Waals surface area contributed by atoms with Crippen molar-refractivity contribution in [2.24, 2.45) is 0 Å². The molecule has 1 aliphatic heterocycles. The van der Waals surface area contributed by atoms with Gasteiger partial charge in [0.05, 0.1) is 16.2 Å². The minimum atomic E-state index is -4.83. The second-order valence-electron chi connectivity index (χ2n) is 7.91. The van der Waals surface area contributed by atoms with Crippen molar-refractivity contribution in [3.8, 4) is 11.5 Å². The summed E-state index contributed by atoms with van der Waals surface area (Å²) in [6.45, 7) is 5.07. The quantitative estimate of drug-likeness (QED) is 0.512. The molecule has 1 saturated heterocycles. The van der Waals surface area contributed by atoms with Gasteiger partial charge in [0, 0.05) is 36.8 Å². The second-order valence-corrected chi connectivity index (χ2v) is 8.32. The summed E-state index contributed by atoms with van der Waals surface area (Å²) in [7, 11) is 0. The first kappa shape index (κ1) is 24.8. The number of rotatable bonds is 6. The van der Waals surface area contributed by atoms with Gasteiger partial charge in [0.25, 0.3) is 5.91 Å². The number of amides is 1. The van der Waals surface area contributed by atoms with Crippen LogP contribution in [0.1, 0.15) is 12.1 Å². The van der Waals surface area contributed by atoms with Gasteiger partial charge in [0.15, 0.2) is 6.61 Å². The Morgan fingerprint density at radius 3 is 2.77 bits per heavy atom. The van der Waals surface area contributed by atoms with Gasteiger partial charge in [-0.1, -0.05) is 11.6 Å². The SMILES string of the molecule is Cc1nc(N2CCCNCC2)nc2ccc(NC(=O)COc3ccc(OC(F)(F)F)cc3Cl)cc12. The van der Waals surface area contributed by atoms with Crippen molar-refractivity contribution in [3.63, 3.8) is 0 Å². The average Bonchev–Trinajstić information content (AvgIpc) is 3.07. The van der Waals surface area contributed by atoms with Crippen molar-refractivity contribution in [1.29, 1.82) is 0 Å². The van der Waals surface area contributed by atoms with Crippen LogP contribution in [-0.4, -0.2) is 55.0 Å².